The van der Waals surface area contributed by atoms with Gasteiger partial charge in [0.15, 0.2) is 0 Å². The lowest BCUT2D eigenvalue weighted by atomic mass is 9.86. The minimum Gasteiger partial charge on any atom is -0.494 e. The SMILES string of the molecule is CCCCCCCOc1ccc(N2CCC(Nc3ccc(CC(NC(=O)c4ccc(C(C)(C)C)cc4)C(=O)O)cc3)CC2)cc1. The number of hydrogen-bond acceptors (Lipinski definition) is 5. The van der Waals surface area contributed by atoms with Crippen molar-refractivity contribution in [1.29, 1.82) is 0 Å². The molecular formula is C38H51N3O4. The summed E-state index contributed by atoms with van der Waals surface area (Å²) in [4.78, 5) is 27.2. The number of carboxylic acid groups (broad SMARTS) is 1. The van der Waals surface area contributed by atoms with Gasteiger partial charge in [-0.2, -0.15) is 0 Å². The average Bonchev–Trinajstić information content (AvgIpc) is 3.03. The molecule has 0 bridgehead atoms. The number of carbonyl (C=O) groups excluding carboxylic acids is 1. The molecule has 0 spiro atoms. The van der Waals surface area contributed by atoms with E-state index in [0.717, 1.165) is 61.5 Å². The van der Waals surface area contributed by atoms with Crippen LogP contribution in [0, 0.1) is 0 Å². The lowest BCUT2D eigenvalue weighted by molar-refractivity contribution is -0.139. The number of benzene rings is 3. The van der Waals surface area contributed by atoms with E-state index < -0.39 is 12.0 Å². The number of amides is 1. The summed E-state index contributed by atoms with van der Waals surface area (Å²) in [7, 11) is 0. The van der Waals surface area contributed by atoms with Crippen molar-refractivity contribution in [2.75, 3.05) is 29.9 Å². The number of ether oxygens (including phenoxy) is 1. The number of rotatable bonds is 15. The number of piperidine rings is 1. The molecule has 1 atom stereocenters. The molecule has 4 rings (SSSR count). The second kappa shape index (κ2) is 16.4. The summed E-state index contributed by atoms with van der Waals surface area (Å²) in [5, 5.41) is 16.1. The van der Waals surface area contributed by atoms with Crippen LogP contribution in [0.15, 0.2) is 72.8 Å². The van der Waals surface area contributed by atoms with Gasteiger partial charge >= 0.3 is 5.97 Å². The first-order valence-electron chi connectivity index (χ1n) is 16.6. The minimum absolute atomic E-state index is 0.0213. The summed E-state index contributed by atoms with van der Waals surface area (Å²) >= 11 is 0. The van der Waals surface area contributed by atoms with E-state index in [4.69, 9.17) is 4.74 Å². The van der Waals surface area contributed by atoms with Gasteiger partial charge in [0.05, 0.1) is 6.61 Å². The molecule has 1 unspecified atom stereocenters. The predicted octanol–water partition coefficient (Wildman–Crippen LogP) is 7.84. The van der Waals surface area contributed by atoms with Crippen LogP contribution in [-0.2, 0) is 16.6 Å². The molecule has 1 aliphatic heterocycles. The number of nitrogens with one attached hydrogen (secondary N) is 2. The molecule has 1 heterocycles. The van der Waals surface area contributed by atoms with E-state index in [-0.39, 0.29) is 17.7 Å². The first-order chi connectivity index (χ1) is 21.6. The first-order valence-corrected chi connectivity index (χ1v) is 16.6. The summed E-state index contributed by atoms with van der Waals surface area (Å²) in [5.74, 6) is -0.495. The van der Waals surface area contributed by atoms with Crippen LogP contribution in [0.1, 0.15) is 94.1 Å². The van der Waals surface area contributed by atoms with E-state index in [9.17, 15) is 14.7 Å². The van der Waals surface area contributed by atoms with Gasteiger partial charge in [0, 0.05) is 42.5 Å². The van der Waals surface area contributed by atoms with E-state index in [1.165, 1.54) is 31.4 Å². The van der Waals surface area contributed by atoms with E-state index in [2.05, 4.69) is 67.5 Å². The Morgan fingerprint density at radius 2 is 1.53 bits per heavy atom. The quantitative estimate of drug-likeness (QED) is 0.151. The van der Waals surface area contributed by atoms with Gasteiger partial charge < -0.3 is 25.4 Å². The van der Waals surface area contributed by atoms with E-state index in [0.29, 0.717) is 11.6 Å². The minimum atomic E-state index is -1.05. The number of carbonyl (C=O) groups is 2. The van der Waals surface area contributed by atoms with Gasteiger partial charge in [-0.3, -0.25) is 4.79 Å². The van der Waals surface area contributed by atoms with Crippen molar-refractivity contribution < 1.29 is 19.4 Å². The number of hydrogen-bond donors (Lipinski definition) is 3. The van der Waals surface area contributed by atoms with Crippen LogP contribution in [0.5, 0.6) is 5.75 Å². The molecule has 45 heavy (non-hydrogen) atoms. The van der Waals surface area contributed by atoms with Crippen molar-refractivity contribution in [3.05, 3.63) is 89.5 Å². The zero-order valence-corrected chi connectivity index (χ0v) is 27.5. The maximum atomic E-state index is 12.8. The topological polar surface area (TPSA) is 90.9 Å². The molecule has 3 aromatic rings. The summed E-state index contributed by atoms with van der Waals surface area (Å²) in [5.41, 5.74) is 4.65. The van der Waals surface area contributed by atoms with Crippen LogP contribution >= 0.6 is 0 Å². The highest BCUT2D eigenvalue weighted by atomic mass is 16.5. The van der Waals surface area contributed by atoms with Crippen molar-refractivity contribution in [1.82, 2.24) is 5.32 Å². The Bertz CT molecular complexity index is 1340. The Morgan fingerprint density at radius 3 is 2.13 bits per heavy atom. The van der Waals surface area contributed by atoms with Gasteiger partial charge in [-0.25, -0.2) is 4.79 Å². The molecule has 3 aromatic carbocycles. The van der Waals surface area contributed by atoms with Crippen molar-refractivity contribution >= 4 is 23.3 Å². The zero-order valence-electron chi connectivity index (χ0n) is 27.5. The predicted molar refractivity (Wildman–Crippen MR) is 184 cm³/mol. The van der Waals surface area contributed by atoms with Gasteiger partial charge in [-0.1, -0.05) is 77.6 Å². The first kappa shape index (κ1) is 33.9. The number of nitrogens with zero attached hydrogens (tertiary/aromatic N) is 1. The van der Waals surface area contributed by atoms with Crippen molar-refractivity contribution in [2.24, 2.45) is 0 Å². The summed E-state index contributed by atoms with van der Waals surface area (Å²) < 4.78 is 5.93. The van der Waals surface area contributed by atoms with Crippen molar-refractivity contribution in [3.63, 3.8) is 0 Å². The smallest absolute Gasteiger partial charge is 0.326 e. The highest BCUT2D eigenvalue weighted by molar-refractivity contribution is 5.96. The molecule has 0 aliphatic carbocycles. The van der Waals surface area contributed by atoms with E-state index in [1.807, 2.05) is 36.4 Å². The van der Waals surface area contributed by atoms with E-state index in [1.54, 1.807) is 12.1 Å². The second-order valence-corrected chi connectivity index (χ2v) is 13.3. The van der Waals surface area contributed by atoms with Gasteiger partial charge in [0.2, 0.25) is 0 Å². The van der Waals surface area contributed by atoms with Crippen LogP contribution in [0.25, 0.3) is 0 Å². The Hall–Kier alpha value is -4.00. The molecule has 1 saturated heterocycles. The normalized spacial score (nSPS) is 14.5. The second-order valence-electron chi connectivity index (χ2n) is 13.3. The van der Waals surface area contributed by atoms with Crippen LogP contribution in [-0.4, -0.2) is 48.8 Å². The lowest BCUT2D eigenvalue weighted by Gasteiger charge is -2.34. The van der Waals surface area contributed by atoms with Crippen LogP contribution in [0.2, 0.25) is 0 Å². The molecule has 1 aliphatic rings. The molecule has 7 heteroatoms. The number of carboxylic acids is 1. The molecule has 1 fully saturated rings. The Labute approximate surface area is 269 Å². The van der Waals surface area contributed by atoms with Crippen molar-refractivity contribution in [2.45, 2.75) is 96.6 Å². The van der Waals surface area contributed by atoms with E-state index >= 15 is 0 Å². The fraction of sp³-hybridized carbons (Fsp3) is 0.474. The fourth-order valence-corrected chi connectivity index (χ4v) is 5.70. The van der Waals surface area contributed by atoms with Gasteiger partial charge in [-0.05, 0) is 84.3 Å². The molecule has 0 aromatic heterocycles. The largest absolute Gasteiger partial charge is 0.494 e. The van der Waals surface area contributed by atoms with Gasteiger partial charge in [0.25, 0.3) is 5.91 Å². The third-order valence-electron chi connectivity index (χ3n) is 8.59. The molecule has 1 amide bonds. The van der Waals surface area contributed by atoms with Gasteiger partial charge in [-0.15, -0.1) is 0 Å². The molecule has 3 N–H and O–H groups in total. The summed E-state index contributed by atoms with van der Waals surface area (Å²) in [6, 6.07) is 23.1. The maximum absolute atomic E-state index is 12.8. The van der Waals surface area contributed by atoms with Crippen LogP contribution in [0.3, 0.4) is 0 Å². The third kappa shape index (κ3) is 10.5. The average molecular weight is 614 g/mol. The summed E-state index contributed by atoms with van der Waals surface area (Å²) in [6.07, 6.45) is 8.47. The zero-order chi connectivity index (χ0) is 32.2. The highest BCUT2D eigenvalue weighted by Crippen LogP contribution is 2.25. The Morgan fingerprint density at radius 1 is 0.889 bits per heavy atom. The maximum Gasteiger partial charge on any atom is 0.326 e. The number of aliphatic carboxylic acids is 1. The molecule has 0 saturated carbocycles. The Kier molecular flexibility index (Phi) is 12.3. The van der Waals surface area contributed by atoms with Crippen LogP contribution in [0.4, 0.5) is 11.4 Å². The van der Waals surface area contributed by atoms with Crippen LogP contribution < -0.4 is 20.3 Å². The number of unbranched alkanes of at least 4 members (excludes halogenated alkanes) is 4. The molecule has 242 valence electrons. The molecule has 0 radical (unpaired) electrons. The molecular weight excluding hydrogens is 562 g/mol. The van der Waals surface area contributed by atoms with Gasteiger partial charge in [0.1, 0.15) is 11.8 Å². The Balaban J connectivity index is 1.21. The fourth-order valence-electron chi connectivity index (χ4n) is 5.70. The number of anilines is 2. The highest BCUT2D eigenvalue weighted by Gasteiger charge is 2.23. The standard InChI is InChI=1S/C38H51N3O4/c1-5-6-7-8-9-26-45-34-20-18-33(19-21-34)41-24-22-32(23-25-41)39-31-16-10-28(11-17-31)27-35(37(43)44)40-36(42)29-12-14-30(15-13-29)38(2,3)4/h10-21,32,35,39H,5-9,22-27H2,1-4H3,(H,40,42)(H,43,44). The summed E-state index contributed by atoms with van der Waals surface area (Å²) in [6.45, 7) is 11.3. The third-order valence-corrected chi connectivity index (χ3v) is 8.59. The van der Waals surface area contributed by atoms with Crippen molar-refractivity contribution in [3.8, 4) is 5.75 Å². The lowest BCUT2D eigenvalue weighted by Crippen LogP contribution is -2.42. The monoisotopic (exact) mass is 613 g/mol. The molecule has 7 nitrogen and oxygen atoms in total.